The molecular weight excluding hydrogens is 408 g/mol. The quantitative estimate of drug-likeness (QED) is 0.309. The molecule has 0 spiro atoms. The number of hydrogen-bond donors (Lipinski definition) is 0. The first-order valence-corrected chi connectivity index (χ1v) is 11.8. The number of benzene rings is 2. The van der Waals surface area contributed by atoms with Crippen LogP contribution in [0.2, 0.25) is 0 Å². The van der Waals surface area contributed by atoms with Crippen LogP contribution in [0.1, 0.15) is 55.5 Å². The van der Waals surface area contributed by atoms with Crippen molar-refractivity contribution in [2.24, 2.45) is 0 Å². The van der Waals surface area contributed by atoms with E-state index in [1.54, 1.807) is 0 Å². The molecule has 158 valence electrons. The Morgan fingerprint density at radius 2 is 1.68 bits per heavy atom. The Morgan fingerprint density at radius 1 is 0.935 bits per heavy atom. The first-order chi connectivity index (χ1) is 15.3. The predicted octanol–water partition coefficient (Wildman–Crippen LogP) is 5.17. The van der Waals surface area contributed by atoms with Crippen LogP contribution in [-0.4, -0.2) is 19.7 Å². The lowest BCUT2D eigenvalue weighted by molar-refractivity contribution is 0.326. The molecule has 2 aromatic heterocycles. The molecule has 0 radical (unpaired) electrons. The third kappa shape index (κ3) is 4.42. The molecule has 0 N–H and O–H groups in total. The second-order valence-corrected chi connectivity index (χ2v) is 8.86. The first kappa shape index (κ1) is 20.0. The van der Waals surface area contributed by atoms with E-state index in [1.165, 1.54) is 18.2 Å². The summed E-state index contributed by atoms with van der Waals surface area (Å²) in [7, 11) is 0. The van der Waals surface area contributed by atoms with Crippen molar-refractivity contribution >= 4 is 22.7 Å². The minimum Gasteiger partial charge on any atom is -0.424 e. The van der Waals surface area contributed by atoms with E-state index in [0.29, 0.717) is 29.3 Å². The lowest BCUT2D eigenvalue weighted by Crippen LogP contribution is -2.29. The summed E-state index contributed by atoms with van der Waals surface area (Å²) >= 11 is 1.50. The van der Waals surface area contributed by atoms with E-state index in [-0.39, 0.29) is 11.6 Å². The van der Waals surface area contributed by atoms with E-state index >= 15 is 0 Å². The van der Waals surface area contributed by atoms with Crippen molar-refractivity contribution in [1.29, 1.82) is 0 Å². The van der Waals surface area contributed by atoms with Crippen LogP contribution in [0.15, 0.2) is 69.0 Å². The molecule has 1 saturated carbocycles. The van der Waals surface area contributed by atoms with Gasteiger partial charge in [0, 0.05) is 6.04 Å². The van der Waals surface area contributed by atoms with Crippen molar-refractivity contribution < 1.29 is 4.42 Å². The van der Waals surface area contributed by atoms with E-state index in [1.807, 2.05) is 59.2 Å². The summed E-state index contributed by atoms with van der Waals surface area (Å²) in [5, 5.41) is 9.80. The minimum atomic E-state index is 0.0512. The maximum atomic E-state index is 13.3. The third-order valence-electron chi connectivity index (χ3n) is 5.75. The maximum Gasteiger partial charge on any atom is 0.262 e. The van der Waals surface area contributed by atoms with Gasteiger partial charge in [-0.25, -0.2) is 4.98 Å². The summed E-state index contributed by atoms with van der Waals surface area (Å²) < 4.78 is 7.76. The Labute approximate surface area is 184 Å². The molecule has 0 aliphatic heterocycles. The molecule has 1 aliphatic carbocycles. The normalized spacial score (nSPS) is 14.8. The highest BCUT2D eigenvalue weighted by molar-refractivity contribution is 7.98. The number of nitrogens with zero attached hydrogens (tertiary/aromatic N) is 4. The van der Waals surface area contributed by atoms with Gasteiger partial charge in [0.15, 0.2) is 5.16 Å². The van der Waals surface area contributed by atoms with Crippen LogP contribution in [0.25, 0.3) is 10.9 Å². The highest BCUT2D eigenvalue weighted by atomic mass is 32.2. The Kier molecular flexibility index (Phi) is 5.84. The number of fused-ring (bicyclic) bond motifs is 1. The summed E-state index contributed by atoms with van der Waals surface area (Å²) in [4.78, 5) is 18.2. The fourth-order valence-corrected chi connectivity index (χ4v) is 5.11. The average Bonchev–Trinajstić information content (AvgIpc) is 3.26. The molecule has 0 amide bonds. The van der Waals surface area contributed by atoms with E-state index in [2.05, 4.69) is 10.2 Å². The zero-order valence-corrected chi connectivity index (χ0v) is 18.1. The van der Waals surface area contributed by atoms with Crippen molar-refractivity contribution in [2.75, 3.05) is 0 Å². The molecule has 6 nitrogen and oxygen atoms in total. The Hall–Kier alpha value is -2.93. The molecule has 2 aromatic carbocycles. The standard InChI is InChI=1S/C24H24N4O2S/c29-23-19-13-7-8-14-20(19)25-24(28(23)18-11-5-2-6-12-18)31-16-22-27-26-21(30-22)15-17-9-3-1-4-10-17/h1,3-4,7-10,13-14,18H,2,5-6,11-12,15-16H2. The molecule has 7 heteroatoms. The fourth-order valence-electron chi connectivity index (χ4n) is 4.20. The van der Waals surface area contributed by atoms with E-state index < -0.39 is 0 Å². The van der Waals surface area contributed by atoms with Crippen LogP contribution in [0.3, 0.4) is 0 Å². The Morgan fingerprint density at radius 3 is 2.52 bits per heavy atom. The van der Waals surface area contributed by atoms with Crippen molar-refractivity contribution in [1.82, 2.24) is 19.7 Å². The van der Waals surface area contributed by atoms with Gasteiger partial charge in [0.25, 0.3) is 5.56 Å². The van der Waals surface area contributed by atoms with Crippen molar-refractivity contribution in [3.63, 3.8) is 0 Å². The van der Waals surface area contributed by atoms with Gasteiger partial charge in [-0.2, -0.15) is 0 Å². The summed E-state index contributed by atoms with van der Waals surface area (Å²) in [6.45, 7) is 0. The van der Waals surface area contributed by atoms with E-state index in [9.17, 15) is 4.79 Å². The van der Waals surface area contributed by atoms with Gasteiger partial charge >= 0.3 is 0 Å². The largest absolute Gasteiger partial charge is 0.424 e. The van der Waals surface area contributed by atoms with Gasteiger partial charge in [-0.1, -0.05) is 73.5 Å². The van der Waals surface area contributed by atoms with Gasteiger partial charge in [-0.15, -0.1) is 10.2 Å². The van der Waals surface area contributed by atoms with Gasteiger partial charge in [0.05, 0.1) is 23.1 Å². The van der Waals surface area contributed by atoms with Crippen LogP contribution in [0.4, 0.5) is 0 Å². The number of aromatic nitrogens is 4. The smallest absolute Gasteiger partial charge is 0.262 e. The second-order valence-electron chi connectivity index (χ2n) is 7.92. The molecule has 4 aromatic rings. The number of rotatable bonds is 6. The van der Waals surface area contributed by atoms with Gasteiger partial charge in [0.2, 0.25) is 11.8 Å². The fraction of sp³-hybridized carbons (Fsp3) is 0.333. The SMILES string of the molecule is O=c1c2ccccc2nc(SCc2nnc(Cc3ccccc3)o2)n1C1CCCCC1. The van der Waals surface area contributed by atoms with E-state index in [0.717, 1.165) is 41.9 Å². The van der Waals surface area contributed by atoms with Crippen molar-refractivity contribution in [2.45, 2.75) is 55.5 Å². The topological polar surface area (TPSA) is 73.8 Å². The molecule has 0 saturated heterocycles. The van der Waals surface area contributed by atoms with Crippen LogP contribution in [0.5, 0.6) is 0 Å². The van der Waals surface area contributed by atoms with Crippen LogP contribution in [-0.2, 0) is 12.2 Å². The highest BCUT2D eigenvalue weighted by Crippen LogP contribution is 2.32. The van der Waals surface area contributed by atoms with Gasteiger partial charge in [-0.3, -0.25) is 9.36 Å². The molecule has 31 heavy (non-hydrogen) atoms. The average molecular weight is 433 g/mol. The summed E-state index contributed by atoms with van der Waals surface area (Å²) in [6.07, 6.45) is 6.20. The minimum absolute atomic E-state index is 0.0512. The third-order valence-corrected chi connectivity index (χ3v) is 6.68. The number of thioether (sulfide) groups is 1. The van der Waals surface area contributed by atoms with Crippen LogP contribution < -0.4 is 5.56 Å². The maximum absolute atomic E-state index is 13.3. The Balaban J connectivity index is 1.40. The van der Waals surface area contributed by atoms with Gasteiger partial charge in [-0.05, 0) is 30.5 Å². The lowest BCUT2D eigenvalue weighted by atomic mass is 9.95. The van der Waals surface area contributed by atoms with Crippen LogP contribution >= 0.6 is 11.8 Å². The van der Waals surface area contributed by atoms with Crippen molar-refractivity contribution in [3.05, 3.63) is 82.3 Å². The summed E-state index contributed by atoms with van der Waals surface area (Å²) in [6, 6.07) is 17.9. The molecule has 0 bridgehead atoms. The molecule has 5 rings (SSSR count). The molecule has 1 fully saturated rings. The molecule has 0 unspecified atom stereocenters. The monoisotopic (exact) mass is 432 g/mol. The van der Waals surface area contributed by atoms with E-state index in [4.69, 9.17) is 9.40 Å². The summed E-state index contributed by atoms with van der Waals surface area (Å²) in [5.41, 5.74) is 1.92. The van der Waals surface area contributed by atoms with Gasteiger partial charge < -0.3 is 4.42 Å². The number of hydrogen-bond acceptors (Lipinski definition) is 6. The second kappa shape index (κ2) is 9.06. The molecule has 1 aliphatic rings. The lowest BCUT2D eigenvalue weighted by Gasteiger charge is -2.26. The van der Waals surface area contributed by atoms with Crippen molar-refractivity contribution in [3.8, 4) is 0 Å². The number of para-hydroxylation sites is 1. The summed E-state index contributed by atoms with van der Waals surface area (Å²) in [5.74, 6) is 1.63. The van der Waals surface area contributed by atoms with Gasteiger partial charge in [0.1, 0.15) is 0 Å². The Bertz CT molecular complexity index is 1230. The first-order valence-electron chi connectivity index (χ1n) is 10.8. The molecule has 0 atom stereocenters. The predicted molar refractivity (Wildman–Crippen MR) is 121 cm³/mol. The highest BCUT2D eigenvalue weighted by Gasteiger charge is 2.22. The zero-order valence-electron chi connectivity index (χ0n) is 17.2. The van der Waals surface area contributed by atoms with Crippen LogP contribution in [0, 0.1) is 0 Å². The zero-order chi connectivity index (χ0) is 21.0. The molecular formula is C24H24N4O2S. The molecule has 2 heterocycles.